The summed E-state index contributed by atoms with van der Waals surface area (Å²) in [5.74, 6) is 0.875. The molecule has 0 aromatic rings. The van der Waals surface area contributed by atoms with Crippen molar-refractivity contribution in [2.45, 2.75) is 395 Å². The van der Waals surface area contributed by atoms with E-state index in [1.807, 2.05) is 0 Å². The molecule has 558 valence electrons. The third-order valence-electron chi connectivity index (χ3n) is 17.7. The Morgan fingerprint density at radius 1 is 0.298 bits per heavy atom. The Hall–Kier alpha value is -1.94. The maximum Gasteiger partial charge on any atom is 0.472 e. The fraction of sp³-hybridized carbons (Fsp3) is 0.947. The SMILES string of the molecule is CCC(C)CCCCCCCCC(=O)OC[C@H](COP(=O)(O)OC[C@H](O)COP(=O)(O)OC[C@@H](COC(=O)CCCCCCCCCCCCCCCCC(C)C)OC(=O)CCCCCCCCCCCCCCCCCC(C)C)OC(=O)CCCCCCCCC(C)C. The fourth-order valence-corrected chi connectivity index (χ4v) is 12.9. The first-order valence-corrected chi connectivity index (χ1v) is 41.7. The third kappa shape index (κ3) is 67.3. The number of aliphatic hydroxyl groups is 1. The maximum atomic E-state index is 13.1. The van der Waals surface area contributed by atoms with Crippen LogP contribution < -0.4 is 0 Å². The average molecular weight is 1380 g/mol. The van der Waals surface area contributed by atoms with Crippen molar-refractivity contribution in [1.82, 2.24) is 0 Å². The van der Waals surface area contributed by atoms with Gasteiger partial charge in [-0.15, -0.1) is 0 Å². The Balaban J connectivity index is 5.22. The van der Waals surface area contributed by atoms with Crippen molar-refractivity contribution in [2.75, 3.05) is 39.6 Å². The number of esters is 4. The molecular weight excluding hydrogens is 1230 g/mol. The van der Waals surface area contributed by atoms with Crippen LogP contribution in [0.2, 0.25) is 0 Å². The molecule has 0 saturated heterocycles. The Morgan fingerprint density at radius 3 is 0.755 bits per heavy atom. The van der Waals surface area contributed by atoms with Crippen LogP contribution in [0.3, 0.4) is 0 Å². The lowest BCUT2D eigenvalue weighted by molar-refractivity contribution is -0.161. The molecule has 0 aliphatic heterocycles. The summed E-state index contributed by atoms with van der Waals surface area (Å²) < 4.78 is 68.4. The van der Waals surface area contributed by atoms with Crippen molar-refractivity contribution in [3.05, 3.63) is 0 Å². The summed E-state index contributed by atoms with van der Waals surface area (Å²) in [6.07, 6.45) is 48.9. The summed E-state index contributed by atoms with van der Waals surface area (Å²) >= 11 is 0. The van der Waals surface area contributed by atoms with Crippen molar-refractivity contribution in [3.8, 4) is 0 Å². The summed E-state index contributed by atoms with van der Waals surface area (Å²) in [6.45, 7) is 14.1. The van der Waals surface area contributed by atoms with Crippen LogP contribution in [0.1, 0.15) is 376 Å². The second-order valence-electron chi connectivity index (χ2n) is 28.7. The summed E-state index contributed by atoms with van der Waals surface area (Å²) in [4.78, 5) is 72.7. The van der Waals surface area contributed by atoms with E-state index >= 15 is 0 Å². The summed E-state index contributed by atoms with van der Waals surface area (Å²) in [5.41, 5.74) is 0. The van der Waals surface area contributed by atoms with Gasteiger partial charge in [-0.05, 0) is 49.4 Å². The molecule has 3 N–H and O–H groups in total. The Kier molecular flexibility index (Phi) is 63.1. The van der Waals surface area contributed by atoms with Gasteiger partial charge in [0.25, 0.3) is 0 Å². The number of carbonyl (C=O) groups excluding carboxylic acids is 4. The molecule has 0 aliphatic rings. The van der Waals surface area contributed by atoms with Crippen LogP contribution in [-0.4, -0.2) is 96.7 Å². The Labute approximate surface area is 575 Å². The van der Waals surface area contributed by atoms with Crippen molar-refractivity contribution >= 4 is 39.5 Å². The zero-order valence-electron chi connectivity index (χ0n) is 61.6. The molecule has 0 aromatic carbocycles. The van der Waals surface area contributed by atoms with Gasteiger partial charge in [0.2, 0.25) is 0 Å². The topological polar surface area (TPSA) is 237 Å². The number of phosphoric acid groups is 2. The highest BCUT2D eigenvalue weighted by Gasteiger charge is 2.30. The number of carbonyl (C=O) groups is 4. The molecule has 94 heavy (non-hydrogen) atoms. The third-order valence-corrected chi connectivity index (χ3v) is 19.6. The molecule has 0 saturated carbocycles. The predicted molar refractivity (Wildman–Crippen MR) is 381 cm³/mol. The lowest BCUT2D eigenvalue weighted by atomic mass is 10.00. The first kappa shape index (κ1) is 92.1. The van der Waals surface area contributed by atoms with E-state index in [1.54, 1.807) is 0 Å². The maximum absolute atomic E-state index is 13.1. The Morgan fingerprint density at radius 2 is 0.511 bits per heavy atom. The van der Waals surface area contributed by atoms with Gasteiger partial charge in [-0.3, -0.25) is 37.3 Å². The van der Waals surface area contributed by atoms with Crippen LogP contribution >= 0.6 is 15.6 Å². The van der Waals surface area contributed by atoms with E-state index in [4.69, 9.17) is 37.0 Å². The Bertz CT molecular complexity index is 1850. The molecule has 3 unspecified atom stereocenters. The predicted octanol–water partition coefficient (Wildman–Crippen LogP) is 21.7. The molecule has 6 atom stereocenters. The fourth-order valence-electron chi connectivity index (χ4n) is 11.3. The molecule has 0 aromatic heterocycles. The van der Waals surface area contributed by atoms with Gasteiger partial charge >= 0.3 is 39.5 Å². The molecule has 19 heteroatoms. The lowest BCUT2D eigenvalue weighted by Gasteiger charge is -2.21. The summed E-state index contributed by atoms with van der Waals surface area (Å²) in [6, 6.07) is 0. The van der Waals surface area contributed by atoms with Crippen LogP contribution in [0.15, 0.2) is 0 Å². The van der Waals surface area contributed by atoms with Gasteiger partial charge in [0.05, 0.1) is 26.4 Å². The van der Waals surface area contributed by atoms with E-state index in [-0.39, 0.29) is 25.7 Å². The van der Waals surface area contributed by atoms with E-state index in [2.05, 4.69) is 55.4 Å². The molecule has 0 heterocycles. The molecule has 0 radical (unpaired) electrons. The van der Waals surface area contributed by atoms with Gasteiger partial charge in [0.15, 0.2) is 12.2 Å². The van der Waals surface area contributed by atoms with E-state index in [0.29, 0.717) is 31.6 Å². The van der Waals surface area contributed by atoms with E-state index in [0.717, 1.165) is 114 Å². The normalized spacial score (nSPS) is 14.4. The van der Waals surface area contributed by atoms with Crippen LogP contribution in [0.4, 0.5) is 0 Å². The minimum atomic E-state index is -4.96. The van der Waals surface area contributed by atoms with Crippen LogP contribution in [0.5, 0.6) is 0 Å². The second kappa shape index (κ2) is 64.4. The highest BCUT2D eigenvalue weighted by molar-refractivity contribution is 7.47. The first-order valence-electron chi connectivity index (χ1n) is 38.7. The van der Waals surface area contributed by atoms with E-state index < -0.39 is 97.5 Å². The van der Waals surface area contributed by atoms with Crippen molar-refractivity contribution in [3.63, 3.8) is 0 Å². The number of aliphatic hydroxyl groups excluding tert-OH is 1. The largest absolute Gasteiger partial charge is 0.472 e. The van der Waals surface area contributed by atoms with Gasteiger partial charge in [-0.1, -0.05) is 325 Å². The molecule has 0 bridgehead atoms. The number of hydrogen-bond acceptors (Lipinski definition) is 15. The molecule has 0 aliphatic carbocycles. The van der Waals surface area contributed by atoms with E-state index in [1.165, 1.54) is 173 Å². The zero-order chi connectivity index (χ0) is 69.6. The number of rotatable bonds is 72. The smallest absolute Gasteiger partial charge is 0.462 e. The minimum Gasteiger partial charge on any atom is -0.462 e. The van der Waals surface area contributed by atoms with Crippen molar-refractivity contribution in [1.29, 1.82) is 0 Å². The monoisotopic (exact) mass is 1380 g/mol. The highest BCUT2D eigenvalue weighted by Crippen LogP contribution is 2.45. The van der Waals surface area contributed by atoms with Crippen LogP contribution in [-0.2, 0) is 65.4 Å². The second-order valence-corrected chi connectivity index (χ2v) is 31.6. The standard InChI is InChI=1S/C75H146O17P2/c1-9-68(8)54-46-38-32-34-40-48-56-73(78)86-62-71(92-75(80)58-50-42-33-31-37-45-53-67(6)7)64-90-94(83,84)88-60-69(76)59-87-93(81,82)89-63-70(61-85-72(77)55-47-39-29-25-21-17-14-13-16-20-24-28-36-44-52-66(4)5)91-74(79)57-49-41-30-26-22-18-12-10-11-15-19-23-27-35-43-51-65(2)3/h65-71,76H,9-64H2,1-8H3,(H,81,82)(H,83,84)/t68?,69-,70-,71-/m1/s1. The van der Waals surface area contributed by atoms with Crippen LogP contribution in [0.25, 0.3) is 0 Å². The molecule has 0 spiro atoms. The zero-order valence-corrected chi connectivity index (χ0v) is 63.4. The van der Waals surface area contributed by atoms with Gasteiger partial charge in [0, 0.05) is 25.7 Å². The van der Waals surface area contributed by atoms with Gasteiger partial charge in [-0.2, -0.15) is 0 Å². The van der Waals surface area contributed by atoms with Gasteiger partial charge < -0.3 is 33.8 Å². The number of ether oxygens (including phenoxy) is 4. The van der Waals surface area contributed by atoms with Crippen LogP contribution in [0, 0.1) is 23.7 Å². The minimum absolute atomic E-state index is 0.101. The highest BCUT2D eigenvalue weighted by atomic mass is 31.2. The van der Waals surface area contributed by atoms with E-state index in [9.17, 15) is 43.2 Å². The lowest BCUT2D eigenvalue weighted by Crippen LogP contribution is -2.30. The van der Waals surface area contributed by atoms with Gasteiger partial charge in [0.1, 0.15) is 19.3 Å². The molecule has 0 fully saturated rings. The average Bonchev–Trinajstić information content (AvgIpc) is 1.49. The molecule has 0 amide bonds. The number of phosphoric ester groups is 2. The first-order chi connectivity index (χ1) is 45.1. The van der Waals surface area contributed by atoms with Crippen molar-refractivity contribution < 1.29 is 80.2 Å². The van der Waals surface area contributed by atoms with Crippen molar-refractivity contribution in [2.24, 2.45) is 23.7 Å². The number of hydrogen-bond donors (Lipinski definition) is 3. The summed E-state index contributed by atoms with van der Waals surface area (Å²) in [7, 11) is -9.91. The molecule has 0 rings (SSSR count). The number of unbranched alkanes of at least 4 members (excludes halogenated alkanes) is 37. The quantitative estimate of drug-likeness (QED) is 0.0222. The molecular formula is C75H146O17P2. The van der Waals surface area contributed by atoms with Gasteiger partial charge in [-0.25, -0.2) is 9.13 Å². The summed E-state index contributed by atoms with van der Waals surface area (Å²) in [5, 5.41) is 10.6. The molecule has 17 nitrogen and oxygen atoms in total.